The van der Waals surface area contributed by atoms with Crippen molar-refractivity contribution in [3.05, 3.63) is 0 Å². The van der Waals surface area contributed by atoms with Gasteiger partial charge < -0.3 is 15.7 Å². The van der Waals surface area contributed by atoms with E-state index in [4.69, 9.17) is 5.11 Å². The summed E-state index contributed by atoms with van der Waals surface area (Å²) in [5.74, 6) is 0.104. The van der Waals surface area contributed by atoms with Gasteiger partial charge in [-0.25, -0.2) is 0 Å². The molecule has 1 amide bonds. The number of hydrogen-bond acceptors (Lipinski definition) is 3. The summed E-state index contributed by atoms with van der Waals surface area (Å²) < 4.78 is 0. The molecule has 0 aromatic carbocycles. The first-order chi connectivity index (χ1) is 6.74. The standard InChI is InChI=1S/C10H20N2O2/c1-8(5-7-13)12-9-4-2-3-6-11-10(9)14/h8-9,12-13H,2-7H2,1H3,(H,11,14). The zero-order valence-corrected chi connectivity index (χ0v) is 8.75. The maximum atomic E-state index is 11.5. The Morgan fingerprint density at radius 1 is 1.64 bits per heavy atom. The van der Waals surface area contributed by atoms with Crippen molar-refractivity contribution in [2.24, 2.45) is 0 Å². The number of hydrogen-bond donors (Lipinski definition) is 3. The van der Waals surface area contributed by atoms with Crippen LogP contribution in [-0.2, 0) is 4.79 Å². The SMILES string of the molecule is CC(CCO)NC1CCCCNC1=O. The van der Waals surface area contributed by atoms with Gasteiger partial charge in [0.1, 0.15) is 0 Å². The van der Waals surface area contributed by atoms with E-state index in [1.54, 1.807) is 0 Å². The molecule has 3 N–H and O–H groups in total. The minimum atomic E-state index is -0.0703. The predicted molar refractivity (Wildman–Crippen MR) is 54.9 cm³/mol. The van der Waals surface area contributed by atoms with Crippen LogP contribution in [0.25, 0.3) is 0 Å². The molecule has 1 heterocycles. The highest BCUT2D eigenvalue weighted by atomic mass is 16.3. The first-order valence-electron chi connectivity index (χ1n) is 5.38. The number of carbonyl (C=O) groups is 1. The monoisotopic (exact) mass is 200 g/mol. The van der Waals surface area contributed by atoms with Crippen LogP contribution < -0.4 is 10.6 Å². The Balaban J connectivity index is 2.36. The van der Waals surface area contributed by atoms with E-state index >= 15 is 0 Å². The number of aliphatic hydroxyl groups is 1. The Morgan fingerprint density at radius 2 is 2.43 bits per heavy atom. The van der Waals surface area contributed by atoms with Gasteiger partial charge in [0, 0.05) is 19.2 Å². The zero-order chi connectivity index (χ0) is 10.4. The smallest absolute Gasteiger partial charge is 0.237 e. The fourth-order valence-corrected chi connectivity index (χ4v) is 1.72. The highest BCUT2D eigenvalue weighted by Crippen LogP contribution is 2.06. The second-order valence-corrected chi connectivity index (χ2v) is 3.92. The number of rotatable bonds is 4. The van der Waals surface area contributed by atoms with E-state index in [1.165, 1.54) is 0 Å². The molecule has 0 aliphatic carbocycles. The van der Waals surface area contributed by atoms with Crippen molar-refractivity contribution in [1.82, 2.24) is 10.6 Å². The molecule has 1 fully saturated rings. The van der Waals surface area contributed by atoms with E-state index in [9.17, 15) is 4.79 Å². The minimum absolute atomic E-state index is 0.0703. The van der Waals surface area contributed by atoms with E-state index < -0.39 is 0 Å². The van der Waals surface area contributed by atoms with Crippen molar-refractivity contribution < 1.29 is 9.90 Å². The van der Waals surface area contributed by atoms with Crippen LogP contribution in [0.15, 0.2) is 0 Å². The fraction of sp³-hybridized carbons (Fsp3) is 0.900. The summed E-state index contributed by atoms with van der Waals surface area (Å²) in [4.78, 5) is 11.5. The number of carbonyl (C=O) groups excluding carboxylic acids is 1. The summed E-state index contributed by atoms with van der Waals surface area (Å²) in [7, 11) is 0. The molecule has 1 aliphatic rings. The highest BCUT2D eigenvalue weighted by molar-refractivity contribution is 5.81. The average Bonchev–Trinajstić information content (AvgIpc) is 2.33. The van der Waals surface area contributed by atoms with Gasteiger partial charge >= 0.3 is 0 Å². The Kier molecular flexibility index (Phi) is 4.90. The summed E-state index contributed by atoms with van der Waals surface area (Å²) in [6.07, 6.45) is 3.76. The van der Waals surface area contributed by atoms with Crippen LogP contribution in [0.1, 0.15) is 32.6 Å². The summed E-state index contributed by atoms with van der Waals surface area (Å²) in [6, 6.07) is 0.132. The van der Waals surface area contributed by atoms with Crippen LogP contribution >= 0.6 is 0 Å². The quantitative estimate of drug-likeness (QED) is 0.599. The van der Waals surface area contributed by atoms with Crippen molar-refractivity contribution in [2.45, 2.75) is 44.7 Å². The minimum Gasteiger partial charge on any atom is -0.396 e. The van der Waals surface area contributed by atoms with Crippen LogP contribution in [0.3, 0.4) is 0 Å². The topological polar surface area (TPSA) is 61.4 Å². The Morgan fingerprint density at radius 3 is 3.14 bits per heavy atom. The molecule has 4 heteroatoms. The second kappa shape index (κ2) is 5.98. The van der Waals surface area contributed by atoms with E-state index in [2.05, 4.69) is 10.6 Å². The molecule has 1 saturated heterocycles. The molecular weight excluding hydrogens is 180 g/mol. The normalized spacial score (nSPS) is 25.3. The molecule has 0 spiro atoms. The molecule has 4 nitrogen and oxygen atoms in total. The maximum Gasteiger partial charge on any atom is 0.237 e. The first kappa shape index (κ1) is 11.5. The average molecular weight is 200 g/mol. The van der Waals surface area contributed by atoms with Crippen molar-refractivity contribution in [3.63, 3.8) is 0 Å². The van der Waals surface area contributed by atoms with Crippen LogP contribution in [-0.4, -0.2) is 36.2 Å². The zero-order valence-electron chi connectivity index (χ0n) is 8.75. The van der Waals surface area contributed by atoms with Crippen LogP contribution in [0, 0.1) is 0 Å². The van der Waals surface area contributed by atoms with Gasteiger partial charge in [0.2, 0.25) is 5.91 Å². The van der Waals surface area contributed by atoms with Crippen molar-refractivity contribution in [1.29, 1.82) is 0 Å². The largest absolute Gasteiger partial charge is 0.396 e. The molecule has 0 saturated carbocycles. The van der Waals surface area contributed by atoms with Crippen LogP contribution in [0.5, 0.6) is 0 Å². The third-order valence-corrected chi connectivity index (χ3v) is 2.58. The number of nitrogens with one attached hydrogen (secondary N) is 2. The van der Waals surface area contributed by atoms with Crippen molar-refractivity contribution >= 4 is 5.91 Å². The Hall–Kier alpha value is -0.610. The molecule has 1 rings (SSSR count). The maximum absolute atomic E-state index is 11.5. The first-order valence-corrected chi connectivity index (χ1v) is 5.38. The van der Waals surface area contributed by atoms with E-state index in [0.29, 0.717) is 6.42 Å². The van der Waals surface area contributed by atoms with E-state index in [0.717, 1.165) is 25.8 Å². The summed E-state index contributed by atoms with van der Waals surface area (Å²) in [6.45, 7) is 2.96. The Labute approximate surface area is 85.1 Å². The van der Waals surface area contributed by atoms with Gasteiger partial charge in [-0.05, 0) is 32.6 Å². The lowest BCUT2D eigenvalue weighted by Gasteiger charge is -2.20. The van der Waals surface area contributed by atoms with Crippen LogP contribution in [0.4, 0.5) is 0 Å². The molecule has 14 heavy (non-hydrogen) atoms. The lowest BCUT2D eigenvalue weighted by molar-refractivity contribution is -0.123. The van der Waals surface area contributed by atoms with E-state index in [1.807, 2.05) is 6.92 Å². The molecule has 82 valence electrons. The molecule has 0 aromatic heterocycles. The van der Waals surface area contributed by atoms with Gasteiger partial charge in [0.15, 0.2) is 0 Å². The molecule has 2 unspecified atom stereocenters. The number of amides is 1. The fourth-order valence-electron chi connectivity index (χ4n) is 1.72. The molecular formula is C10H20N2O2. The lowest BCUT2D eigenvalue weighted by atomic mass is 10.1. The molecule has 0 bridgehead atoms. The third kappa shape index (κ3) is 3.64. The molecule has 0 aromatic rings. The summed E-state index contributed by atoms with van der Waals surface area (Å²) in [5, 5.41) is 14.9. The predicted octanol–water partition coefficient (Wildman–Crippen LogP) is 0.0156. The summed E-state index contributed by atoms with van der Waals surface area (Å²) in [5.41, 5.74) is 0. The second-order valence-electron chi connectivity index (χ2n) is 3.92. The van der Waals surface area contributed by atoms with Gasteiger partial charge in [-0.2, -0.15) is 0 Å². The lowest BCUT2D eigenvalue weighted by Crippen LogP contribution is -2.46. The number of aliphatic hydroxyl groups excluding tert-OH is 1. The highest BCUT2D eigenvalue weighted by Gasteiger charge is 2.21. The van der Waals surface area contributed by atoms with Gasteiger partial charge in [-0.3, -0.25) is 4.79 Å². The molecule has 0 radical (unpaired) electrons. The Bertz CT molecular complexity index is 185. The van der Waals surface area contributed by atoms with Crippen LogP contribution in [0.2, 0.25) is 0 Å². The van der Waals surface area contributed by atoms with Crippen molar-refractivity contribution in [2.75, 3.05) is 13.2 Å². The van der Waals surface area contributed by atoms with Crippen molar-refractivity contribution in [3.8, 4) is 0 Å². The van der Waals surface area contributed by atoms with Gasteiger partial charge in [0.25, 0.3) is 0 Å². The van der Waals surface area contributed by atoms with E-state index in [-0.39, 0.29) is 24.6 Å². The molecule has 1 aliphatic heterocycles. The van der Waals surface area contributed by atoms with Gasteiger partial charge in [-0.1, -0.05) is 0 Å². The third-order valence-electron chi connectivity index (χ3n) is 2.58. The molecule has 2 atom stereocenters. The van der Waals surface area contributed by atoms with Gasteiger partial charge in [-0.15, -0.1) is 0 Å². The summed E-state index contributed by atoms with van der Waals surface area (Å²) >= 11 is 0. The van der Waals surface area contributed by atoms with Gasteiger partial charge in [0.05, 0.1) is 6.04 Å².